The van der Waals surface area contributed by atoms with Gasteiger partial charge in [-0.2, -0.15) is 8.78 Å². The molecule has 0 radical (unpaired) electrons. The molecular formula is C14H18F2N2O2. The topological polar surface area (TPSA) is 41.6 Å². The summed E-state index contributed by atoms with van der Waals surface area (Å²) in [7, 11) is 0. The number of rotatable bonds is 3. The Kier molecular flexibility index (Phi) is 4.54. The molecule has 1 aromatic carbocycles. The molecule has 1 amide bonds. The van der Waals surface area contributed by atoms with Crippen molar-refractivity contribution < 1.29 is 18.3 Å². The fourth-order valence-electron chi connectivity index (χ4n) is 2.28. The van der Waals surface area contributed by atoms with Crippen molar-refractivity contribution in [1.29, 1.82) is 0 Å². The van der Waals surface area contributed by atoms with E-state index in [2.05, 4.69) is 10.1 Å². The summed E-state index contributed by atoms with van der Waals surface area (Å²) < 4.78 is 28.7. The normalized spacial score (nSPS) is 22.9. The van der Waals surface area contributed by atoms with Crippen LogP contribution in [-0.4, -0.2) is 42.6 Å². The number of alkyl halides is 2. The number of nitrogens with one attached hydrogen (secondary N) is 1. The van der Waals surface area contributed by atoms with Crippen LogP contribution in [0.5, 0.6) is 5.75 Å². The van der Waals surface area contributed by atoms with Gasteiger partial charge in [-0.25, -0.2) is 0 Å². The first-order valence-electron chi connectivity index (χ1n) is 6.56. The van der Waals surface area contributed by atoms with Gasteiger partial charge in [-0.1, -0.05) is 6.07 Å². The molecule has 0 spiro atoms. The number of benzene rings is 1. The molecule has 0 aromatic heterocycles. The second-order valence-corrected chi connectivity index (χ2v) is 5.02. The van der Waals surface area contributed by atoms with Gasteiger partial charge in [0.15, 0.2) is 0 Å². The van der Waals surface area contributed by atoms with E-state index in [0.717, 1.165) is 6.54 Å². The summed E-state index contributed by atoms with van der Waals surface area (Å²) in [6, 6.07) is 6.20. The van der Waals surface area contributed by atoms with Crippen molar-refractivity contribution in [3.63, 3.8) is 0 Å². The minimum absolute atomic E-state index is 0.00156. The van der Waals surface area contributed by atoms with Gasteiger partial charge in [-0.15, -0.1) is 0 Å². The lowest BCUT2D eigenvalue weighted by molar-refractivity contribution is -0.0499. The van der Waals surface area contributed by atoms with Crippen LogP contribution in [0.4, 0.5) is 8.78 Å². The fraction of sp³-hybridized carbons (Fsp3) is 0.500. The van der Waals surface area contributed by atoms with Crippen molar-refractivity contribution in [3.8, 4) is 5.75 Å². The van der Waals surface area contributed by atoms with Crippen LogP contribution in [0.3, 0.4) is 0 Å². The standard InChI is InChI=1S/C14H18F2N2O2/c1-9-8-18(10(2)7-17-9)13(19)11-4-3-5-12(6-11)20-14(15)16/h3-6,9-10,14,17H,7-8H2,1-2H3. The van der Waals surface area contributed by atoms with Crippen LogP contribution in [0.1, 0.15) is 24.2 Å². The van der Waals surface area contributed by atoms with E-state index in [-0.39, 0.29) is 23.7 Å². The van der Waals surface area contributed by atoms with Gasteiger partial charge in [0.1, 0.15) is 5.75 Å². The Labute approximate surface area is 116 Å². The smallest absolute Gasteiger partial charge is 0.387 e. The largest absolute Gasteiger partial charge is 0.435 e. The van der Waals surface area contributed by atoms with Crippen LogP contribution in [0, 0.1) is 0 Å². The number of hydrogen-bond acceptors (Lipinski definition) is 3. The lowest BCUT2D eigenvalue weighted by Gasteiger charge is -2.37. The predicted molar refractivity (Wildman–Crippen MR) is 71.0 cm³/mol. The van der Waals surface area contributed by atoms with Gasteiger partial charge in [-0.3, -0.25) is 4.79 Å². The molecule has 6 heteroatoms. The number of nitrogens with zero attached hydrogens (tertiary/aromatic N) is 1. The maximum absolute atomic E-state index is 12.4. The number of hydrogen-bond donors (Lipinski definition) is 1. The van der Waals surface area contributed by atoms with E-state index in [1.54, 1.807) is 17.0 Å². The van der Waals surface area contributed by atoms with E-state index in [0.29, 0.717) is 12.1 Å². The summed E-state index contributed by atoms with van der Waals surface area (Å²) in [6.07, 6.45) is 0. The monoisotopic (exact) mass is 284 g/mol. The molecule has 110 valence electrons. The minimum atomic E-state index is -2.89. The molecule has 1 aromatic rings. The van der Waals surface area contributed by atoms with Crippen molar-refractivity contribution in [3.05, 3.63) is 29.8 Å². The minimum Gasteiger partial charge on any atom is -0.435 e. The maximum Gasteiger partial charge on any atom is 0.387 e. The van der Waals surface area contributed by atoms with Crippen LogP contribution >= 0.6 is 0 Å². The molecule has 20 heavy (non-hydrogen) atoms. The van der Waals surface area contributed by atoms with Crippen molar-refractivity contribution in [2.75, 3.05) is 13.1 Å². The molecule has 1 heterocycles. The van der Waals surface area contributed by atoms with Gasteiger partial charge < -0.3 is 15.0 Å². The predicted octanol–water partition coefficient (Wildman–Crippen LogP) is 2.11. The van der Waals surface area contributed by atoms with Gasteiger partial charge in [0.2, 0.25) is 0 Å². The summed E-state index contributed by atoms with van der Waals surface area (Å²) in [4.78, 5) is 14.2. The van der Waals surface area contributed by atoms with E-state index in [1.165, 1.54) is 12.1 Å². The van der Waals surface area contributed by atoms with Gasteiger partial charge in [-0.05, 0) is 32.0 Å². The molecule has 1 aliphatic rings. The first kappa shape index (κ1) is 14.7. The second kappa shape index (κ2) is 6.17. The SMILES string of the molecule is CC1CN(C(=O)c2cccc(OC(F)F)c2)C(C)CN1. The summed E-state index contributed by atoms with van der Waals surface area (Å²) in [5.41, 5.74) is 0.365. The van der Waals surface area contributed by atoms with Gasteiger partial charge in [0, 0.05) is 30.7 Å². The van der Waals surface area contributed by atoms with E-state index < -0.39 is 6.61 Å². The van der Waals surface area contributed by atoms with E-state index in [4.69, 9.17) is 0 Å². The first-order valence-corrected chi connectivity index (χ1v) is 6.56. The summed E-state index contributed by atoms with van der Waals surface area (Å²) in [5, 5.41) is 3.29. The molecule has 2 rings (SSSR count). The van der Waals surface area contributed by atoms with Gasteiger partial charge >= 0.3 is 6.61 Å². The molecule has 1 fully saturated rings. The number of amides is 1. The Morgan fingerprint density at radius 1 is 1.45 bits per heavy atom. The van der Waals surface area contributed by atoms with E-state index in [9.17, 15) is 13.6 Å². The Morgan fingerprint density at radius 2 is 2.20 bits per heavy atom. The molecule has 2 atom stereocenters. The summed E-state index contributed by atoms with van der Waals surface area (Å²) in [6.45, 7) is 2.39. The zero-order chi connectivity index (χ0) is 14.7. The van der Waals surface area contributed by atoms with Crippen molar-refractivity contribution in [2.24, 2.45) is 0 Å². The Hall–Kier alpha value is -1.69. The Balaban J connectivity index is 2.15. The second-order valence-electron chi connectivity index (χ2n) is 5.02. The molecule has 2 unspecified atom stereocenters. The van der Waals surface area contributed by atoms with E-state index in [1.807, 2.05) is 13.8 Å². The molecular weight excluding hydrogens is 266 g/mol. The molecule has 0 aliphatic carbocycles. The summed E-state index contributed by atoms with van der Waals surface area (Å²) >= 11 is 0. The number of carbonyl (C=O) groups excluding carboxylic acids is 1. The van der Waals surface area contributed by atoms with Crippen molar-refractivity contribution >= 4 is 5.91 Å². The first-order chi connectivity index (χ1) is 9.47. The molecule has 1 N–H and O–H groups in total. The number of piperazine rings is 1. The highest BCUT2D eigenvalue weighted by molar-refractivity contribution is 5.95. The highest BCUT2D eigenvalue weighted by Crippen LogP contribution is 2.19. The van der Waals surface area contributed by atoms with E-state index >= 15 is 0 Å². The third-order valence-electron chi connectivity index (χ3n) is 3.33. The average Bonchev–Trinajstić information content (AvgIpc) is 2.40. The fourth-order valence-corrected chi connectivity index (χ4v) is 2.28. The number of halogens is 2. The van der Waals surface area contributed by atoms with Crippen molar-refractivity contribution in [2.45, 2.75) is 32.5 Å². The van der Waals surface area contributed by atoms with Crippen LogP contribution < -0.4 is 10.1 Å². The highest BCUT2D eigenvalue weighted by Gasteiger charge is 2.27. The highest BCUT2D eigenvalue weighted by atomic mass is 19.3. The average molecular weight is 284 g/mol. The molecule has 0 bridgehead atoms. The lowest BCUT2D eigenvalue weighted by atomic mass is 10.1. The zero-order valence-electron chi connectivity index (χ0n) is 11.5. The number of carbonyl (C=O) groups is 1. The van der Waals surface area contributed by atoms with Crippen LogP contribution in [0.25, 0.3) is 0 Å². The third kappa shape index (κ3) is 3.45. The zero-order valence-corrected chi connectivity index (χ0v) is 11.5. The quantitative estimate of drug-likeness (QED) is 0.924. The summed E-state index contributed by atoms with van der Waals surface area (Å²) in [5.74, 6) is -0.160. The Morgan fingerprint density at radius 3 is 2.90 bits per heavy atom. The van der Waals surface area contributed by atoms with Crippen LogP contribution in [0.2, 0.25) is 0 Å². The molecule has 4 nitrogen and oxygen atoms in total. The molecule has 0 saturated carbocycles. The van der Waals surface area contributed by atoms with Crippen LogP contribution in [0.15, 0.2) is 24.3 Å². The van der Waals surface area contributed by atoms with Gasteiger partial charge in [0.25, 0.3) is 5.91 Å². The third-order valence-corrected chi connectivity index (χ3v) is 3.33. The molecule has 1 saturated heterocycles. The number of ether oxygens (including phenoxy) is 1. The Bertz CT molecular complexity index is 482. The molecule has 1 aliphatic heterocycles. The van der Waals surface area contributed by atoms with Gasteiger partial charge in [0.05, 0.1) is 0 Å². The van der Waals surface area contributed by atoms with Crippen molar-refractivity contribution in [1.82, 2.24) is 10.2 Å². The van der Waals surface area contributed by atoms with Crippen LogP contribution in [-0.2, 0) is 0 Å². The maximum atomic E-state index is 12.4. The lowest BCUT2D eigenvalue weighted by Crippen LogP contribution is -2.56.